The number of carbonyl (C=O) groups is 1. The highest BCUT2D eigenvalue weighted by Gasteiger charge is 2.49. The molecule has 0 heterocycles. The highest BCUT2D eigenvalue weighted by atomic mass is 16.6. The Bertz CT molecular complexity index is 193. The van der Waals surface area contributed by atoms with E-state index in [2.05, 4.69) is 0 Å². The van der Waals surface area contributed by atoms with Crippen LogP contribution in [0.2, 0.25) is 0 Å². The molecule has 0 saturated heterocycles. The minimum Gasteiger partial charge on any atom is -0.363 e. The standard InChI is InChI=1S/C7H12N2O3/c8-6(10)7(9(11)12)4-2-1-3-5-7/h1-5H2,(H2,8,10). The molecule has 2 N–H and O–H groups in total. The summed E-state index contributed by atoms with van der Waals surface area (Å²) >= 11 is 0. The van der Waals surface area contributed by atoms with E-state index in [-0.39, 0.29) is 0 Å². The summed E-state index contributed by atoms with van der Waals surface area (Å²) in [7, 11) is 0. The van der Waals surface area contributed by atoms with Gasteiger partial charge in [0.2, 0.25) is 0 Å². The van der Waals surface area contributed by atoms with E-state index in [9.17, 15) is 14.9 Å². The lowest BCUT2D eigenvalue weighted by molar-refractivity contribution is -0.556. The fraction of sp³-hybridized carbons (Fsp3) is 0.857. The normalized spacial score (nSPS) is 21.7. The van der Waals surface area contributed by atoms with E-state index in [0.29, 0.717) is 12.8 Å². The minimum atomic E-state index is -1.46. The lowest BCUT2D eigenvalue weighted by Gasteiger charge is -2.25. The van der Waals surface area contributed by atoms with Crippen LogP contribution in [0.4, 0.5) is 0 Å². The summed E-state index contributed by atoms with van der Waals surface area (Å²) in [5.41, 5.74) is 3.56. The van der Waals surface area contributed by atoms with Gasteiger partial charge in [-0.15, -0.1) is 0 Å². The molecular formula is C7H12N2O3. The maximum absolute atomic E-state index is 10.9. The van der Waals surface area contributed by atoms with Gasteiger partial charge in [0.15, 0.2) is 0 Å². The molecule has 0 unspecified atom stereocenters. The van der Waals surface area contributed by atoms with Gasteiger partial charge in [0.25, 0.3) is 11.4 Å². The van der Waals surface area contributed by atoms with Crippen LogP contribution in [0.5, 0.6) is 0 Å². The summed E-state index contributed by atoms with van der Waals surface area (Å²) in [5, 5.41) is 10.6. The molecule has 1 amide bonds. The van der Waals surface area contributed by atoms with Crippen molar-refractivity contribution in [3.63, 3.8) is 0 Å². The maximum atomic E-state index is 10.9. The van der Waals surface area contributed by atoms with Crippen LogP contribution in [-0.4, -0.2) is 16.4 Å². The van der Waals surface area contributed by atoms with Crippen LogP contribution >= 0.6 is 0 Å². The molecule has 0 aromatic carbocycles. The molecule has 1 saturated carbocycles. The van der Waals surface area contributed by atoms with Crippen LogP contribution < -0.4 is 5.73 Å². The smallest absolute Gasteiger partial charge is 0.298 e. The van der Waals surface area contributed by atoms with Gasteiger partial charge in [-0.1, -0.05) is 6.42 Å². The molecule has 0 bridgehead atoms. The fourth-order valence-electron chi connectivity index (χ4n) is 1.66. The molecule has 1 rings (SSSR count). The van der Waals surface area contributed by atoms with Crippen LogP contribution in [0.3, 0.4) is 0 Å². The Hall–Kier alpha value is -1.13. The third-order valence-electron chi connectivity index (χ3n) is 2.49. The molecule has 5 heteroatoms. The van der Waals surface area contributed by atoms with Crippen molar-refractivity contribution in [1.29, 1.82) is 0 Å². The van der Waals surface area contributed by atoms with Crippen molar-refractivity contribution >= 4 is 5.91 Å². The van der Waals surface area contributed by atoms with Crippen molar-refractivity contribution < 1.29 is 9.72 Å². The molecule has 5 nitrogen and oxygen atoms in total. The van der Waals surface area contributed by atoms with Crippen molar-refractivity contribution in [3.8, 4) is 0 Å². The Labute approximate surface area is 70.1 Å². The number of nitrogens with two attached hydrogens (primary N) is 1. The number of nitrogens with zero attached hydrogens (tertiary/aromatic N) is 1. The molecule has 1 aliphatic carbocycles. The van der Waals surface area contributed by atoms with Crippen LogP contribution in [0, 0.1) is 10.1 Å². The van der Waals surface area contributed by atoms with Gasteiger partial charge in [-0.2, -0.15) is 0 Å². The topological polar surface area (TPSA) is 86.2 Å². The number of nitro groups is 1. The third kappa shape index (κ3) is 1.26. The summed E-state index contributed by atoms with van der Waals surface area (Å²) in [5.74, 6) is -0.785. The van der Waals surface area contributed by atoms with Crippen molar-refractivity contribution in [3.05, 3.63) is 10.1 Å². The molecule has 68 valence electrons. The summed E-state index contributed by atoms with van der Waals surface area (Å²) in [6, 6.07) is 0. The number of hydrogen-bond acceptors (Lipinski definition) is 3. The number of amides is 1. The quantitative estimate of drug-likeness (QED) is 0.484. The van der Waals surface area contributed by atoms with E-state index < -0.39 is 16.4 Å². The SMILES string of the molecule is NC(=O)C1([N+](=O)[O-])CCCCC1. The number of carbonyl (C=O) groups excluding carboxylic acids is 1. The van der Waals surface area contributed by atoms with Crippen LogP contribution in [-0.2, 0) is 4.79 Å². The molecule has 1 fully saturated rings. The summed E-state index contributed by atoms with van der Waals surface area (Å²) < 4.78 is 0. The number of primary amides is 1. The minimum absolute atomic E-state index is 0.301. The monoisotopic (exact) mass is 172 g/mol. The van der Waals surface area contributed by atoms with Gasteiger partial charge in [-0.25, -0.2) is 0 Å². The second-order valence-electron chi connectivity index (χ2n) is 3.21. The zero-order chi connectivity index (χ0) is 9.19. The lowest BCUT2D eigenvalue weighted by atomic mass is 9.82. The van der Waals surface area contributed by atoms with Gasteiger partial charge >= 0.3 is 0 Å². The molecule has 0 spiro atoms. The average molecular weight is 172 g/mol. The van der Waals surface area contributed by atoms with Crippen molar-refractivity contribution in [2.45, 2.75) is 37.6 Å². The van der Waals surface area contributed by atoms with Crippen molar-refractivity contribution in [2.24, 2.45) is 5.73 Å². The van der Waals surface area contributed by atoms with Crippen molar-refractivity contribution in [2.75, 3.05) is 0 Å². The van der Waals surface area contributed by atoms with Gasteiger partial charge in [-0.05, 0) is 12.8 Å². The maximum Gasteiger partial charge on any atom is 0.298 e. The van der Waals surface area contributed by atoms with Gasteiger partial charge in [0.05, 0.1) is 0 Å². The number of hydrogen-bond donors (Lipinski definition) is 1. The first-order chi connectivity index (χ1) is 5.59. The largest absolute Gasteiger partial charge is 0.363 e. The predicted molar refractivity (Wildman–Crippen MR) is 42.0 cm³/mol. The van der Waals surface area contributed by atoms with E-state index >= 15 is 0 Å². The highest BCUT2D eigenvalue weighted by molar-refractivity contribution is 5.83. The molecule has 0 aromatic rings. The first kappa shape index (κ1) is 8.96. The average Bonchev–Trinajstić information content (AvgIpc) is 2.05. The Balaban J connectivity index is 2.84. The molecular weight excluding hydrogens is 160 g/mol. The van der Waals surface area contributed by atoms with Crippen LogP contribution in [0.25, 0.3) is 0 Å². The first-order valence-corrected chi connectivity index (χ1v) is 4.04. The second kappa shape index (κ2) is 3.08. The van der Waals surface area contributed by atoms with Gasteiger partial charge in [0, 0.05) is 17.8 Å². The molecule has 0 aromatic heterocycles. The number of rotatable bonds is 2. The molecule has 0 aliphatic heterocycles. The Kier molecular flexibility index (Phi) is 2.30. The third-order valence-corrected chi connectivity index (χ3v) is 2.49. The van der Waals surface area contributed by atoms with Gasteiger partial charge in [0.1, 0.15) is 0 Å². The fourth-order valence-corrected chi connectivity index (χ4v) is 1.66. The highest BCUT2D eigenvalue weighted by Crippen LogP contribution is 2.30. The van der Waals surface area contributed by atoms with Crippen LogP contribution in [0.15, 0.2) is 0 Å². The molecule has 0 atom stereocenters. The zero-order valence-electron chi connectivity index (χ0n) is 6.78. The van der Waals surface area contributed by atoms with E-state index in [1.54, 1.807) is 0 Å². The van der Waals surface area contributed by atoms with Crippen molar-refractivity contribution in [1.82, 2.24) is 0 Å². The van der Waals surface area contributed by atoms with E-state index in [1.807, 2.05) is 0 Å². The Morgan fingerprint density at radius 3 is 2.08 bits per heavy atom. The van der Waals surface area contributed by atoms with E-state index in [0.717, 1.165) is 19.3 Å². The second-order valence-corrected chi connectivity index (χ2v) is 3.21. The summed E-state index contributed by atoms with van der Waals surface area (Å²) in [6.07, 6.45) is 3.02. The summed E-state index contributed by atoms with van der Waals surface area (Å²) in [4.78, 5) is 21.0. The first-order valence-electron chi connectivity index (χ1n) is 4.04. The lowest BCUT2D eigenvalue weighted by Crippen LogP contribution is -2.51. The zero-order valence-corrected chi connectivity index (χ0v) is 6.78. The van der Waals surface area contributed by atoms with Gasteiger partial charge in [-0.3, -0.25) is 14.9 Å². The molecule has 1 aliphatic rings. The summed E-state index contributed by atoms with van der Waals surface area (Å²) in [6.45, 7) is 0. The Morgan fingerprint density at radius 1 is 1.33 bits per heavy atom. The predicted octanol–water partition coefficient (Wildman–Crippen LogP) is 0.451. The van der Waals surface area contributed by atoms with E-state index in [4.69, 9.17) is 5.73 Å². The Morgan fingerprint density at radius 2 is 1.83 bits per heavy atom. The molecule has 0 radical (unpaired) electrons. The van der Waals surface area contributed by atoms with Crippen LogP contribution in [0.1, 0.15) is 32.1 Å². The van der Waals surface area contributed by atoms with Gasteiger partial charge < -0.3 is 5.73 Å². The molecule has 12 heavy (non-hydrogen) atoms. The van der Waals surface area contributed by atoms with E-state index in [1.165, 1.54) is 0 Å².